The van der Waals surface area contributed by atoms with Crippen LogP contribution in [0.1, 0.15) is 116 Å². The van der Waals surface area contributed by atoms with Crippen LogP contribution in [0.25, 0.3) is 0 Å². The molecule has 1 aromatic rings. The molecule has 0 bridgehead atoms. The summed E-state index contributed by atoms with van der Waals surface area (Å²) in [7, 11) is 0. The molecule has 2 atom stereocenters. The van der Waals surface area contributed by atoms with Crippen molar-refractivity contribution in [2.75, 3.05) is 13.1 Å². The lowest BCUT2D eigenvalue weighted by molar-refractivity contribution is -0.143. The van der Waals surface area contributed by atoms with Crippen LogP contribution in [0.5, 0.6) is 0 Å². The molecule has 0 saturated heterocycles. The van der Waals surface area contributed by atoms with Crippen molar-refractivity contribution in [1.82, 2.24) is 15.5 Å². The lowest BCUT2D eigenvalue weighted by Gasteiger charge is -2.36. The first-order valence-corrected chi connectivity index (χ1v) is 14.5. The largest absolute Gasteiger partial charge is 0.444 e. The third-order valence-electron chi connectivity index (χ3n) is 6.63. The maximum Gasteiger partial charge on any atom is 0.408 e. The van der Waals surface area contributed by atoms with Gasteiger partial charge >= 0.3 is 6.09 Å². The molecule has 3 amide bonds. The van der Waals surface area contributed by atoms with Crippen LogP contribution in [0.2, 0.25) is 0 Å². The van der Waals surface area contributed by atoms with E-state index < -0.39 is 23.8 Å². The summed E-state index contributed by atoms with van der Waals surface area (Å²) in [5, 5.41) is 5.86. The molecule has 0 aromatic heterocycles. The lowest BCUT2D eigenvalue weighted by atomic mass is 9.96. The Bertz CT molecular complexity index is 892. The minimum Gasteiger partial charge on any atom is -0.444 e. The molecule has 0 aliphatic rings. The van der Waals surface area contributed by atoms with E-state index in [2.05, 4.69) is 24.5 Å². The smallest absolute Gasteiger partial charge is 0.408 e. The normalized spacial score (nSPS) is 13.1. The van der Waals surface area contributed by atoms with Gasteiger partial charge in [-0.15, -0.1) is 0 Å². The second-order valence-electron chi connectivity index (χ2n) is 11.7. The fraction of sp³-hybridized carbons (Fsp3) is 0.710. The van der Waals surface area contributed by atoms with Gasteiger partial charge in [0.25, 0.3) is 0 Å². The molecule has 0 heterocycles. The van der Waals surface area contributed by atoms with E-state index in [1.165, 1.54) is 0 Å². The van der Waals surface area contributed by atoms with Gasteiger partial charge in [-0.05, 0) is 70.1 Å². The Labute approximate surface area is 231 Å². The number of hydrogen-bond acceptors (Lipinski definition) is 4. The number of carbonyl (C=O) groups is 3. The Morgan fingerprint density at radius 3 is 2.11 bits per heavy atom. The van der Waals surface area contributed by atoms with Gasteiger partial charge in [0.15, 0.2) is 0 Å². The van der Waals surface area contributed by atoms with Gasteiger partial charge < -0.3 is 20.3 Å². The molecule has 0 radical (unpaired) electrons. The van der Waals surface area contributed by atoms with E-state index in [0.29, 0.717) is 13.1 Å². The van der Waals surface area contributed by atoms with Crippen molar-refractivity contribution in [2.24, 2.45) is 5.92 Å². The summed E-state index contributed by atoms with van der Waals surface area (Å²) in [4.78, 5) is 42.2. The number of benzene rings is 1. The van der Waals surface area contributed by atoms with Gasteiger partial charge in [-0.1, -0.05) is 78.0 Å². The van der Waals surface area contributed by atoms with E-state index >= 15 is 0 Å². The molecular formula is C31H53N3O4. The summed E-state index contributed by atoms with van der Waals surface area (Å²) in [6.45, 7) is 18.4. The van der Waals surface area contributed by atoms with Crippen LogP contribution < -0.4 is 10.6 Å². The maximum absolute atomic E-state index is 14.2. The first-order valence-electron chi connectivity index (χ1n) is 14.5. The average Bonchev–Trinajstić information content (AvgIpc) is 2.82. The van der Waals surface area contributed by atoms with Crippen molar-refractivity contribution in [3.63, 3.8) is 0 Å². The quantitative estimate of drug-likeness (QED) is 0.249. The van der Waals surface area contributed by atoms with E-state index in [4.69, 9.17) is 4.74 Å². The van der Waals surface area contributed by atoms with Crippen molar-refractivity contribution >= 4 is 17.9 Å². The van der Waals surface area contributed by atoms with Crippen molar-refractivity contribution < 1.29 is 19.1 Å². The predicted molar refractivity (Wildman–Crippen MR) is 155 cm³/mol. The molecule has 2 unspecified atom stereocenters. The van der Waals surface area contributed by atoms with Crippen LogP contribution in [0.4, 0.5) is 4.79 Å². The van der Waals surface area contributed by atoms with Gasteiger partial charge in [0.2, 0.25) is 11.8 Å². The lowest BCUT2D eigenvalue weighted by Crippen LogP contribution is -2.55. The minimum absolute atomic E-state index is 0.191. The molecule has 7 heteroatoms. The Morgan fingerprint density at radius 2 is 1.55 bits per heavy atom. The number of amides is 3. The highest BCUT2D eigenvalue weighted by atomic mass is 16.6. The van der Waals surface area contributed by atoms with E-state index in [1.54, 1.807) is 25.7 Å². The Hall–Kier alpha value is -2.57. The van der Waals surface area contributed by atoms with Crippen molar-refractivity contribution in [3.05, 3.63) is 34.9 Å². The van der Waals surface area contributed by atoms with Crippen LogP contribution >= 0.6 is 0 Å². The number of nitrogens with one attached hydrogen (secondary N) is 2. The Kier molecular flexibility index (Phi) is 14.4. The second-order valence-corrected chi connectivity index (χ2v) is 11.7. The van der Waals surface area contributed by atoms with Crippen LogP contribution in [-0.2, 0) is 14.3 Å². The number of aryl methyl sites for hydroxylation is 2. The van der Waals surface area contributed by atoms with E-state index in [1.807, 2.05) is 45.9 Å². The Morgan fingerprint density at radius 1 is 0.921 bits per heavy atom. The maximum atomic E-state index is 14.2. The van der Waals surface area contributed by atoms with E-state index in [0.717, 1.165) is 61.6 Å². The Balaban J connectivity index is 3.45. The molecular weight excluding hydrogens is 478 g/mol. The number of rotatable bonds is 15. The number of carbonyl (C=O) groups excluding carboxylic acids is 3. The summed E-state index contributed by atoms with van der Waals surface area (Å²) in [5.41, 5.74) is 2.29. The van der Waals surface area contributed by atoms with Gasteiger partial charge in [-0.3, -0.25) is 9.59 Å². The second kappa shape index (κ2) is 16.4. The van der Waals surface area contributed by atoms with Crippen LogP contribution in [0.15, 0.2) is 18.2 Å². The molecule has 1 aromatic carbocycles. The van der Waals surface area contributed by atoms with Crippen LogP contribution in [0, 0.1) is 19.8 Å². The number of unbranched alkanes of at least 4 members (excludes halogenated alkanes) is 5. The number of nitrogens with zero attached hydrogens (tertiary/aromatic N) is 1. The van der Waals surface area contributed by atoms with Crippen LogP contribution in [0.3, 0.4) is 0 Å². The number of ether oxygens (including phenoxy) is 1. The van der Waals surface area contributed by atoms with Gasteiger partial charge in [-0.25, -0.2) is 4.79 Å². The zero-order valence-corrected chi connectivity index (χ0v) is 25.4. The molecule has 0 fully saturated rings. The minimum atomic E-state index is -0.821. The highest BCUT2D eigenvalue weighted by Crippen LogP contribution is 2.26. The molecule has 2 N–H and O–H groups in total. The van der Waals surface area contributed by atoms with Gasteiger partial charge in [0.05, 0.1) is 0 Å². The van der Waals surface area contributed by atoms with Crippen molar-refractivity contribution in [1.29, 1.82) is 0 Å². The zero-order chi connectivity index (χ0) is 28.9. The molecule has 0 aliphatic carbocycles. The third-order valence-corrected chi connectivity index (χ3v) is 6.63. The highest BCUT2D eigenvalue weighted by Gasteiger charge is 2.37. The molecule has 7 nitrogen and oxygen atoms in total. The molecule has 38 heavy (non-hydrogen) atoms. The summed E-state index contributed by atoms with van der Waals surface area (Å²) in [6, 6.07) is 4.34. The summed E-state index contributed by atoms with van der Waals surface area (Å²) >= 11 is 0. The predicted octanol–water partition coefficient (Wildman–Crippen LogP) is 6.61. The van der Waals surface area contributed by atoms with Gasteiger partial charge in [0, 0.05) is 13.1 Å². The highest BCUT2D eigenvalue weighted by molar-refractivity contribution is 5.92. The number of alkyl carbamates (subject to hydrolysis) is 1. The van der Waals surface area contributed by atoms with E-state index in [9.17, 15) is 14.4 Å². The van der Waals surface area contributed by atoms with Crippen LogP contribution in [-0.4, -0.2) is 47.5 Å². The summed E-state index contributed by atoms with van der Waals surface area (Å²) < 4.78 is 5.46. The standard InChI is InChI=1S/C31H53N3O4/c1-10-12-14-15-16-20-34(29(36)26(22(3)4)33-30(37)38-31(7,8)9)27(28(35)32-19-13-11-2)25-18-17-23(5)24(6)21-25/h17-18,21-22,26-27H,10-16,19-20H2,1-9H3,(H,32,35)(H,33,37). The van der Waals surface area contributed by atoms with Crippen molar-refractivity contribution in [3.8, 4) is 0 Å². The fourth-order valence-corrected chi connectivity index (χ4v) is 4.27. The fourth-order valence-electron chi connectivity index (χ4n) is 4.27. The summed E-state index contributed by atoms with van der Waals surface area (Å²) in [5.74, 6) is -0.653. The average molecular weight is 532 g/mol. The van der Waals surface area contributed by atoms with E-state index in [-0.39, 0.29) is 17.7 Å². The molecule has 216 valence electrons. The monoisotopic (exact) mass is 531 g/mol. The first-order chi connectivity index (χ1) is 17.8. The topological polar surface area (TPSA) is 87.7 Å². The third kappa shape index (κ3) is 11.4. The molecule has 0 saturated carbocycles. The summed E-state index contributed by atoms with van der Waals surface area (Å²) in [6.07, 6.45) is 6.30. The molecule has 0 spiro atoms. The number of hydrogen-bond donors (Lipinski definition) is 2. The molecule has 0 aliphatic heterocycles. The van der Waals surface area contributed by atoms with Crippen molar-refractivity contribution in [2.45, 2.75) is 125 Å². The first kappa shape index (κ1) is 33.5. The van der Waals surface area contributed by atoms with Gasteiger partial charge in [0.1, 0.15) is 17.7 Å². The van der Waals surface area contributed by atoms with Gasteiger partial charge in [-0.2, -0.15) is 0 Å². The zero-order valence-electron chi connectivity index (χ0n) is 25.4. The molecule has 1 rings (SSSR count). The SMILES string of the molecule is CCCCCCCN(C(=O)C(NC(=O)OC(C)(C)C)C(C)C)C(C(=O)NCCCC)c1ccc(C)c(C)c1.